The highest BCUT2D eigenvalue weighted by molar-refractivity contribution is 14.1. The van der Waals surface area contributed by atoms with Gasteiger partial charge in [0.2, 0.25) is 0 Å². The maximum atomic E-state index is 5.25. The van der Waals surface area contributed by atoms with Crippen LogP contribution in [0.4, 0.5) is 0 Å². The lowest BCUT2D eigenvalue weighted by molar-refractivity contribution is 0.811. The zero-order valence-electron chi connectivity index (χ0n) is 25.8. The van der Waals surface area contributed by atoms with Crippen LogP contribution in [0.15, 0.2) is 116 Å². The number of nitrogens with zero attached hydrogens (tertiary/aromatic N) is 12. The predicted molar refractivity (Wildman–Crippen MR) is 193 cm³/mol. The van der Waals surface area contributed by atoms with Gasteiger partial charge >= 0.3 is 0 Å². The molecule has 0 bridgehead atoms. The molecule has 0 aliphatic rings. The fourth-order valence-electron chi connectivity index (χ4n) is 6.14. The van der Waals surface area contributed by atoms with E-state index in [1.165, 1.54) is 0 Å². The smallest absolute Gasteiger partial charge is 0.165 e. The normalized spacial score (nSPS) is 11.6. The second-order valence-corrected chi connectivity index (χ2v) is 12.5. The van der Waals surface area contributed by atoms with Crippen LogP contribution in [0.25, 0.3) is 56.5 Å². The number of imidazole rings is 3. The van der Waals surface area contributed by atoms with Crippen molar-refractivity contribution < 1.29 is 0 Å². The fourth-order valence-corrected chi connectivity index (χ4v) is 6.63. The lowest BCUT2D eigenvalue weighted by Gasteiger charge is -2.10. The summed E-state index contributed by atoms with van der Waals surface area (Å²) in [6.45, 7) is 1.67. The summed E-state index contributed by atoms with van der Waals surface area (Å²) in [5.74, 6) is 1.23. The van der Waals surface area contributed by atoms with Crippen molar-refractivity contribution in [1.82, 2.24) is 58.6 Å². The summed E-state index contributed by atoms with van der Waals surface area (Å²) in [7, 11) is 0. The van der Waals surface area contributed by atoms with Gasteiger partial charge in [-0.25, -0.2) is 44.9 Å². The van der Waals surface area contributed by atoms with Crippen LogP contribution in [0.5, 0.6) is 0 Å². The molecule has 0 radical (unpaired) electrons. The highest BCUT2D eigenvalue weighted by Gasteiger charge is 2.26. The molecule has 236 valence electrons. The van der Waals surface area contributed by atoms with Gasteiger partial charge in [-0.05, 0) is 39.3 Å². The Hall–Kier alpha value is -5.96. The van der Waals surface area contributed by atoms with Gasteiger partial charge in [-0.2, -0.15) is 0 Å². The van der Waals surface area contributed by atoms with Gasteiger partial charge < -0.3 is 13.7 Å². The van der Waals surface area contributed by atoms with Gasteiger partial charge in [-0.1, -0.05) is 91.0 Å². The number of halogens is 1. The molecule has 13 heteroatoms. The number of hydrogen-bond acceptors (Lipinski definition) is 9. The predicted octanol–water partition coefficient (Wildman–Crippen LogP) is 6.19. The third-order valence-electron chi connectivity index (χ3n) is 8.41. The molecule has 9 rings (SSSR count). The molecule has 0 aliphatic carbocycles. The number of aromatic nitrogens is 12. The third kappa shape index (κ3) is 5.27. The van der Waals surface area contributed by atoms with Crippen LogP contribution < -0.4 is 0 Å². The summed E-state index contributed by atoms with van der Waals surface area (Å²) in [5.41, 5.74) is 8.57. The Morgan fingerprint density at radius 3 is 1.51 bits per heavy atom. The van der Waals surface area contributed by atoms with Gasteiger partial charge in [-0.3, -0.25) is 0 Å². The molecule has 9 aromatic rings. The van der Waals surface area contributed by atoms with Crippen LogP contribution in [0.1, 0.15) is 16.7 Å². The Kier molecular flexibility index (Phi) is 7.30. The molecule has 0 N–H and O–H groups in total. The van der Waals surface area contributed by atoms with E-state index in [-0.39, 0.29) is 0 Å². The number of hydrogen-bond donors (Lipinski definition) is 0. The molecule has 6 heterocycles. The first kappa shape index (κ1) is 29.2. The van der Waals surface area contributed by atoms with Crippen molar-refractivity contribution in [3.8, 4) is 23.0 Å². The minimum atomic E-state index is 0.503. The summed E-state index contributed by atoms with van der Waals surface area (Å²) in [4.78, 5) is 43.2. The first-order valence-corrected chi connectivity index (χ1v) is 16.7. The highest BCUT2D eigenvalue weighted by atomic mass is 127. The van der Waals surface area contributed by atoms with E-state index in [1.54, 1.807) is 25.3 Å². The number of benzene rings is 3. The monoisotopic (exact) mass is 752 g/mol. The van der Waals surface area contributed by atoms with Gasteiger partial charge in [0.05, 0.1) is 26.0 Å². The van der Waals surface area contributed by atoms with E-state index in [4.69, 9.17) is 29.9 Å². The van der Waals surface area contributed by atoms with E-state index in [0.717, 1.165) is 31.7 Å². The SMILES string of the molecule is Ic1ncnc2c1nc(-c1ncnc3c1nc(-c1ncnc4c1ncn4Cc1ccccc1)n3Cc1ccccc1)n2Cc1ccccc1. The van der Waals surface area contributed by atoms with E-state index in [1.807, 2.05) is 59.2 Å². The van der Waals surface area contributed by atoms with Crippen LogP contribution in [0.3, 0.4) is 0 Å². The molecule has 49 heavy (non-hydrogen) atoms. The minimum absolute atomic E-state index is 0.503. The molecule has 0 saturated carbocycles. The Morgan fingerprint density at radius 1 is 0.449 bits per heavy atom. The molecule has 0 fully saturated rings. The number of fused-ring (bicyclic) bond motifs is 3. The van der Waals surface area contributed by atoms with Gasteiger partial charge in [0.15, 0.2) is 28.6 Å². The lowest BCUT2D eigenvalue weighted by Crippen LogP contribution is -2.06. The maximum absolute atomic E-state index is 5.25. The molecule has 0 saturated heterocycles. The van der Waals surface area contributed by atoms with Gasteiger partial charge in [0.25, 0.3) is 0 Å². The van der Waals surface area contributed by atoms with Gasteiger partial charge in [0, 0.05) is 0 Å². The molecule has 0 atom stereocenters. The Labute approximate surface area is 292 Å². The average Bonchev–Trinajstić information content (AvgIpc) is 3.84. The zero-order valence-corrected chi connectivity index (χ0v) is 28.0. The Morgan fingerprint density at radius 2 is 0.918 bits per heavy atom. The van der Waals surface area contributed by atoms with Crippen molar-refractivity contribution in [3.05, 3.63) is 137 Å². The summed E-state index contributed by atoms with van der Waals surface area (Å²) >= 11 is 2.20. The molecule has 3 aromatic carbocycles. The van der Waals surface area contributed by atoms with Crippen LogP contribution in [-0.2, 0) is 19.6 Å². The van der Waals surface area contributed by atoms with E-state index in [9.17, 15) is 0 Å². The average molecular weight is 753 g/mol. The molecular formula is C36H25IN12. The van der Waals surface area contributed by atoms with Crippen LogP contribution >= 0.6 is 22.6 Å². The van der Waals surface area contributed by atoms with Crippen LogP contribution in [0.2, 0.25) is 0 Å². The maximum Gasteiger partial charge on any atom is 0.165 e. The summed E-state index contributed by atoms with van der Waals surface area (Å²) in [6, 6.07) is 30.7. The number of rotatable bonds is 8. The quantitative estimate of drug-likeness (QED) is 0.132. The second-order valence-electron chi connectivity index (χ2n) is 11.5. The second kappa shape index (κ2) is 12.2. The summed E-state index contributed by atoms with van der Waals surface area (Å²) < 4.78 is 6.92. The molecule has 0 amide bonds. The molecule has 0 aliphatic heterocycles. The van der Waals surface area contributed by atoms with Crippen LogP contribution in [0, 0.1) is 3.70 Å². The largest absolute Gasteiger partial charge is 0.311 e. The first-order valence-electron chi connectivity index (χ1n) is 15.6. The lowest BCUT2D eigenvalue weighted by atomic mass is 10.2. The molecule has 6 aromatic heterocycles. The van der Waals surface area contributed by atoms with E-state index in [2.05, 4.69) is 83.1 Å². The van der Waals surface area contributed by atoms with E-state index < -0.39 is 0 Å². The topological polar surface area (TPSA) is 131 Å². The standard InChI is InChI=1S/C36H25IN12/c37-31-30-34(43-21-40-31)49(18-25-14-8-3-9-15-25)36(46-30)28-29-33(42-20-39-28)48(17-24-12-6-2-7-13-24)35(45-29)27-26-32(41-19-38-27)47(22-44-26)16-23-10-4-1-5-11-23/h1-15,19-22H,16-18H2. The Bertz CT molecular complexity index is 2600. The summed E-state index contributed by atoms with van der Waals surface area (Å²) in [5, 5.41) is 0. The van der Waals surface area contributed by atoms with E-state index >= 15 is 0 Å². The third-order valence-corrected chi connectivity index (χ3v) is 9.20. The van der Waals surface area contributed by atoms with Crippen molar-refractivity contribution in [3.63, 3.8) is 0 Å². The van der Waals surface area contributed by atoms with Crippen molar-refractivity contribution in [2.45, 2.75) is 19.6 Å². The van der Waals surface area contributed by atoms with Crippen LogP contribution in [-0.4, -0.2) is 58.6 Å². The highest BCUT2D eigenvalue weighted by Crippen LogP contribution is 2.33. The zero-order chi connectivity index (χ0) is 32.7. The molecule has 0 unspecified atom stereocenters. The van der Waals surface area contributed by atoms with Gasteiger partial charge in [-0.15, -0.1) is 0 Å². The minimum Gasteiger partial charge on any atom is -0.311 e. The summed E-state index contributed by atoms with van der Waals surface area (Å²) in [6.07, 6.45) is 6.51. The van der Waals surface area contributed by atoms with Crippen molar-refractivity contribution in [1.29, 1.82) is 0 Å². The van der Waals surface area contributed by atoms with Crippen molar-refractivity contribution in [2.24, 2.45) is 0 Å². The Balaban J connectivity index is 1.26. The van der Waals surface area contributed by atoms with E-state index in [0.29, 0.717) is 64.9 Å². The fraction of sp³-hybridized carbons (Fsp3) is 0.0833. The van der Waals surface area contributed by atoms with Crippen molar-refractivity contribution in [2.75, 3.05) is 0 Å². The first-order chi connectivity index (χ1) is 24.2. The van der Waals surface area contributed by atoms with Crippen molar-refractivity contribution >= 4 is 56.1 Å². The van der Waals surface area contributed by atoms with Gasteiger partial charge in [0.1, 0.15) is 50.6 Å². The molecular weight excluding hydrogens is 727 g/mol. The molecule has 12 nitrogen and oxygen atoms in total. The molecule has 0 spiro atoms.